The Morgan fingerprint density at radius 2 is 1.24 bits per heavy atom. The minimum Gasteiger partial charge on any atom is -0.322 e. The van der Waals surface area contributed by atoms with Gasteiger partial charge in [-0.25, -0.2) is 0 Å². The summed E-state index contributed by atoms with van der Waals surface area (Å²) in [7, 11) is -4.85. The van der Waals surface area contributed by atoms with E-state index in [1.807, 2.05) is 0 Å². The van der Waals surface area contributed by atoms with Crippen molar-refractivity contribution in [3.8, 4) is 0 Å². The molecule has 9 heteroatoms. The van der Waals surface area contributed by atoms with Gasteiger partial charge in [-0.05, 0) is 44.4 Å². The van der Waals surface area contributed by atoms with Crippen LogP contribution in [0.5, 0.6) is 0 Å². The van der Waals surface area contributed by atoms with Crippen LogP contribution in [0.3, 0.4) is 0 Å². The number of rotatable bonds is 7. The maximum Gasteiger partial charge on any atom is 0.364 e. The van der Waals surface area contributed by atoms with Crippen molar-refractivity contribution in [2.45, 2.75) is 38.9 Å². The zero-order valence-electron chi connectivity index (χ0n) is 15.2. The van der Waals surface area contributed by atoms with Crippen LogP contribution in [0.15, 0.2) is 58.7 Å². The smallest absolute Gasteiger partial charge is 0.322 e. The number of hydrogen-bond acceptors (Lipinski definition) is 6. The second-order valence-electron chi connectivity index (χ2n) is 5.59. The van der Waals surface area contributed by atoms with E-state index in [4.69, 9.17) is 28.7 Å². The minimum absolute atomic E-state index is 0.0697. The third-order valence-electron chi connectivity index (χ3n) is 3.79. The highest BCUT2D eigenvalue weighted by molar-refractivity contribution is 7.53. The van der Waals surface area contributed by atoms with E-state index in [1.165, 1.54) is 6.08 Å². The molecule has 142 valence electrons. The van der Waals surface area contributed by atoms with Crippen LogP contribution in [0.25, 0.3) is 0 Å². The molecule has 0 heterocycles. The van der Waals surface area contributed by atoms with Crippen LogP contribution >= 0.6 is 7.60 Å². The summed E-state index contributed by atoms with van der Waals surface area (Å²) in [4.78, 5) is 19.1. The summed E-state index contributed by atoms with van der Waals surface area (Å²) in [6.07, 6.45) is 6.49. The number of allylic oxidation sites excluding steroid dienone is 5. The fraction of sp³-hybridized carbons (Fsp3) is 0.375. The summed E-state index contributed by atoms with van der Waals surface area (Å²) in [5.74, 6) is -1.67. The lowest BCUT2D eigenvalue weighted by molar-refractivity contribution is 0.340. The molecule has 0 spiro atoms. The number of hydrogen-bond donors (Lipinski definition) is 7. The van der Waals surface area contributed by atoms with Crippen LogP contribution in [0.1, 0.15) is 27.7 Å². The summed E-state index contributed by atoms with van der Waals surface area (Å²) < 4.78 is 11.8. The quantitative estimate of drug-likeness (QED) is 0.192. The summed E-state index contributed by atoms with van der Waals surface area (Å²) in [5, 5.41) is -2.37. The highest BCUT2D eigenvalue weighted by Crippen LogP contribution is 2.50. The van der Waals surface area contributed by atoms with Crippen molar-refractivity contribution in [2.24, 2.45) is 28.7 Å². The van der Waals surface area contributed by atoms with Crippen LogP contribution in [-0.2, 0) is 4.57 Å². The molecule has 0 aliphatic heterocycles. The zero-order chi connectivity index (χ0) is 20.2. The van der Waals surface area contributed by atoms with E-state index < -0.39 is 18.8 Å². The molecule has 0 fully saturated rings. The lowest BCUT2D eigenvalue weighted by Gasteiger charge is -2.32. The Morgan fingerprint density at radius 3 is 1.48 bits per heavy atom. The summed E-state index contributed by atoms with van der Waals surface area (Å²) in [6, 6.07) is 0. The normalized spacial score (nSPS) is 16.3. The Hall–Kier alpha value is -1.35. The van der Waals surface area contributed by atoms with Gasteiger partial charge in [-0.15, -0.1) is 0 Å². The molecule has 8 nitrogen and oxygen atoms in total. The minimum atomic E-state index is -4.85. The van der Waals surface area contributed by atoms with Gasteiger partial charge in [-0.2, -0.15) is 0 Å². The van der Waals surface area contributed by atoms with Gasteiger partial charge in [0.1, 0.15) is 5.79 Å². The molecule has 0 aromatic rings. The van der Waals surface area contributed by atoms with Crippen molar-refractivity contribution in [1.29, 1.82) is 0 Å². The van der Waals surface area contributed by atoms with Gasteiger partial charge in [0, 0.05) is 11.1 Å². The molecule has 0 aromatic heterocycles. The van der Waals surface area contributed by atoms with E-state index in [9.17, 15) is 14.4 Å². The maximum absolute atomic E-state index is 11.8. The highest BCUT2D eigenvalue weighted by atomic mass is 31.2. The predicted octanol–water partition coefficient (Wildman–Crippen LogP) is 0.607. The molecule has 0 amide bonds. The van der Waals surface area contributed by atoms with Crippen LogP contribution in [-0.4, -0.2) is 21.0 Å². The van der Waals surface area contributed by atoms with Crippen molar-refractivity contribution >= 4 is 7.60 Å². The lowest BCUT2D eigenvalue weighted by Crippen LogP contribution is -2.59. The first-order chi connectivity index (χ1) is 11.2. The summed E-state index contributed by atoms with van der Waals surface area (Å²) in [6.45, 7) is 10.6. The monoisotopic (exact) mass is 371 g/mol. The van der Waals surface area contributed by atoms with Gasteiger partial charge in [0.25, 0.3) is 0 Å². The molecular formula is C16H30N5O3P. The molecule has 0 aliphatic carbocycles. The molecule has 0 saturated heterocycles. The van der Waals surface area contributed by atoms with E-state index in [0.717, 1.165) is 0 Å². The Kier molecular flexibility index (Phi) is 7.90. The SMILES string of the molecule is C=C(C(=CC)C(=CC)C(=CC)C(=CC)C(N)(N)P(=O)(O)O)C(N)(N)N. The van der Waals surface area contributed by atoms with Crippen molar-refractivity contribution in [2.75, 3.05) is 0 Å². The van der Waals surface area contributed by atoms with E-state index >= 15 is 0 Å². The standard InChI is InChI=1S/C16H30N5O3P/c1-6-11(10(5)15(17,18)19)12(7-2)13(8-3)14(9-4)16(20,21)25(22,23)24/h6-9H,5,17-21H2,1-4H3,(H2,22,23,24). The largest absolute Gasteiger partial charge is 0.364 e. The Balaban J connectivity index is 6.45. The molecule has 12 N–H and O–H groups in total. The van der Waals surface area contributed by atoms with Crippen LogP contribution in [0.2, 0.25) is 0 Å². The van der Waals surface area contributed by atoms with Gasteiger partial charge >= 0.3 is 7.60 Å². The lowest BCUT2D eigenvalue weighted by atomic mass is 9.85. The van der Waals surface area contributed by atoms with Gasteiger partial charge in [-0.3, -0.25) is 33.2 Å². The van der Waals surface area contributed by atoms with Crippen LogP contribution in [0, 0.1) is 0 Å². The highest BCUT2D eigenvalue weighted by Gasteiger charge is 2.44. The Bertz CT molecular complexity index is 691. The fourth-order valence-electron chi connectivity index (χ4n) is 2.40. The average Bonchev–Trinajstić information content (AvgIpc) is 2.47. The van der Waals surface area contributed by atoms with Gasteiger partial charge < -0.3 is 9.79 Å². The van der Waals surface area contributed by atoms with Gasteiger partial charge in [0.05, 0.1) is 0 Å². The molecular weight excluding hydrogens is 341 g/mol. The van der Waals surface area contributed by atoms with E-state index in [0.29, 0.717) is 16.7 Å². The first-order valence-corrected chi connectivity index (χ1v) is 9.18. The molecule has 0 aliphatic rings. The summed E-state index contributed by atoms with van der Waals surface area (Å²) in [5.41, 5.74) is 30.6. The summed E-state index contributed by atoms with van der Waals surface area (Å²) >= 11 is 0. The second kappa shape index (κ2) is 8.35. The van der Waals surface area contributed by atoms with Gasteiger partial charge in [0.15, 0.2) is 5.40 Å². The van der Waals surface area contributed by atoms with Crippen molar-refractivity contribution in [3.05, 3.63) is 58.7 Å². The van der Waals surface area contributed by atoms with E-state index in [2.05, 4.69) is 6.58 Å². The van der Waals surface area contributed by atoms with E-state index in [1.54, 1.807) is 45.9 Å². The van der Waals surface area contributed by atoms with Gasteiger partial charge in [-0.1, -0.05) is 30.9 Å². The molecule has 0 bridgehead atoms. The maximum atomic E-state index is 11.8. The molecule has 0 rings (SSSR count). The molecule has 0 unspecified atom stereocenters. The van der Waals surface area contributed by atoms with Crippen molar-refractivity contribution in [3.63, 3.8) is 0 Å². The van der Waals surface area contributed by atoms with Gasteiger partial charge in [0.2, 0.25) is 0 Å². The molecule has 0 atom stereocenters. The Morgan fingerprint density at radius 1 is 0.840 bits per heavy atom. The van der Waals surface area contributed by atoms with Crippen molar-refractivity contribution < 1.29 is 14.4 Å². The molecule has 25 heavy (non-hydrogen) atoms. The number of nitrogens with two attached hydrogens (primary N) is 5. The molecule has 0 saturated carbocycles. The van der Waals surface area contributed by atoms with Crippen LogP contribution in [0.4, 0.5) is 0 Å². The first-order valence-electron chi connectivity index (χ1n) is 7.57. The third-order valence-corrected chi connectivity index (χ3v) is 4.99. The van der Waals surface area contributed by atoms with E-state index in [-0.39, 0.29) is 11.1 Å². The van der Waals surface area contributed by atoms with Crippen molar-refractivity contribution in [1.82, 2.24) is 0 Å². The third kappa shape index (κ3) is 5.07. The molecule has 0 radical (unpaired) electrons. The predicted molar refractivity (Wildman–Crippen MR) is 103 cm³/mol. The zero-order valence-corrected chi connectivity index (χ0v) is 16.0. The molecule has 0 aromatic carbocycles. The fourth-order valence-corrected chi connectivity index (χ4v) is 2.96. The van der Waals surface area contributed by atoms with Crippen LogP contribution < -0.4 is 28.7 Å². The topological polar surface area (TPSA) is 188 Å². The Labute approximate surface area is 149 Å². The average molecular weight is 371 g/mol. The first kappa shape index (κ1) is 23.6. The second-order valence-corrected chi connectivity index (χ2v) is 7.42.